The number of aliphatic hydroxyl groups excluding tert-OH is 1. The molecule has 0 heterocycles. The Morgan fingerprint density at radius 3 is 2.53 bits per heavy atom. The minimum Gasteiger partial charge on any atom is -0.465 e. The van der Waals surface area contributed by atoms with E-state index >= 15 is 0 Å². The fourth-order valence-electron chi connectivity index (χ4n) is 1.42. The molecule has 0 spiro atoms. The number of urea groups is 1. The molecule has 19 heavy (non-hydrogen) atoms. The summed E-state index contributed by atoms with van der Waals surface area (Å²) in [6.07, 6.45) is 0.579. The molecule has 0 aliphatic carbocycles. The highest BCUT2D eigenvalue weighted by Crippen LogP contribution is 2.09. The van der Waals surface area contributed by atoms with Crippen molar-refractivity contribution in [2.75, 3.05) is 25.1 Å². The monoisotopic (exact) mass is 266 g/mol. The highest BCUT2D eigenvalue weighted by Gasteiger charge is 2.05. The second-order valence-corrected chi connectivity index (χ2v) is 3.78. The normalized spacial score (nSPS) is 9.79. The van der Waals surface area contributed by atoms with Crippen LogP contribution in [0.5, 0.6) is 0 Å². The molecule has 6 heteroatoms. The fraction of sp³-hybridized carbons (Fsp3) is 0.385. The highest BCUT2D eigenvalue weighted by atomic mass is 16.5. The van der Waals surface area contributed by atoms with Gasteiger partial charge in [-0.1, -0.05) is 12.1 Å². The zero-order valence-electron chi connectivity index (χ0n) is 10.8. The predicted octanol–water partition coefficient (Wildman–Crippen LogP) is 0.906. The first kappa shape index (κ1) is 15.0. The number of anilines is 1. The third-order valence-corrected chi connectivity index (χ3v) is 2.31. The molecule has 1 rings (SSSR count). The molecule has 0 saturated heterocycles. The summed E-state index contributed by atoms with van der Waals surface area (Å²) in [4.78, 5) is 22.5. The van der Waals surface area contributed by atoms with Crippen molar-refractivity contribution in [3.05, 3.63) is 29.8 Å². The number of esters is 1. The van der Waals surface area contributed by atoms with Crippen LogP contribution in [0.4, 0.5) is 10.5 Å². The number of aliphatic hydroxyl groups is 1. The van der Waals surface area contributed by atoms with Crippen LogP contribution in [0, 0.1) is 0 Å². The van der Waals surface area contributed by atoms with Gasteiger partial charge in [-0.05, 0) is 31.0 Å². The third kappa shape index (κ3) is 5.87. The molecule has 0 bridgehead atoms. The first-order valence-electron chi connectivity index (χ1n) is 6.06. The van der Waals surface area contributed by atoms with Crippen molar-refractivity contribution in [2.45, 2.75) is 13.3 Å². The zero-order chi connectivity index (χ0) is 14.1. The van der Waals surface area contributed by atoms with E-state index < -0.39 is 12.0 Å². The molecule has 0 radical (unpaired) electrons. The molecule has 0 aromatic heterocycles. The van der Waals surface area contributed by atoms with Gasteiger partial charge in [0.05, 0.1) is 6.61 Å². The van der Waals surface area contributed by atoms with Crippen LogP contribution in [0.2, 0.25) is 0 Å². The van der Waals surface area contributed by atoms with Crippen molar-refractivity contribution in [3.8, 4) is 0 Å². The van der Waals surface area contributed by atoms with Gasteiger partial charge in [0, 0.05) is 12.3 Å². The van der Waals surface area contributed by atoms with Crippen LogP contribution in [0.3, 0.4) is 0 Å². The summed E-state index contributed by atoms with van der Waals surface area (Å²) in [5, 5.41) is 13.8. The van der Waals surface area contributed by atoms with E-state index in [1.807, 2.05) is 12.1 Å². The van der Waals surface area contributed by atoms with Crippen molar-refractivity contribution in [1.82, 2.24) is 5.32 Å². The maximum absolute atomic E-state index is 11.5. The lowest BCUT2D eigenvalue weighted by atomic mass is 10.1. The summed E-state index contributed by atoms with van der Waals surface area (Å²) in [6.45, 7) is 1.91. The summed E-state index contributed by atoms with van der Waals surface area (Å²) < 4.78 is 4.68. The van der Waals surface area contributed by atoms with E-state index in [4.69, 9.17) is 5.11 Å². The number of carbonyl (C=O) groups excluding carboxylic acids is 2. The van der Waals surface area contributed by atoms with Gasteiger partial charge in [0.1, 0.15) is 6.54 Å². The Morgan fingerprint density at radius 2 is 1.95 bits per heavy atom. The van der Waals surface area contributed by atoms with Gasteiger partial charge in [-0.25, -0.2) is 4.79 Å². The van der Waals surface area contributed by atoms with E-state index in [0.717, 1.165) is 5.56 Å². The summed E-state index contributed by atoms with van der Waals surface area (Å²) in [5.74, 6) is -0.476. The van der Waals surface area contributed by atoms with E-state index in [1.165, 1.54) is 0 Å². The Morgan fingerprint density at radius 1 is 1.26 bits per heavy atom. The van der Waals surface area contributed by atoms with Crippen molar-refractivity contribution in [1.29, 1.82) is 0 Å². The minimum atomic E-state index is -0.476. The Bertz CT molecular complexity index is 417. The van der Waals surface area contributed by atoms with Crippen LogP contribution in [0.1, 0.15) is 12.5 Å². The lowest BCUT2D eigenvalue weighted by molar-refractivity contribution is -0.141. The molecular weight excluding hydrogens is 248 g/mol. The van der Waals surface area contributed by atoms with Crippen LogP contribution >= 0.6 is 0 Å². The van der Waals surface area contributed by atoms with E-state index in [-0.39, 0.29) is 19.8 Å². The van der Waals surface area contributed by atoms with Crippen molar-refractivity contribution >= 4 is 17.7 Å². The molecule has 3 N–H and O–H groups in total. The van der Waals surface area contributed by atoms with Crippen LogP contribution in [-0.2, 0) is 16.0 Å². The van der Waals surface area contributed by atoms with Gasteiger partial charge in [-0.15, -0.1) is 0 Å². The average molecular weight is 266 g/mol. The van der Waals surface area contributed by atoms with Crippen LogP contribution < -0.4 is 10.6 Å². The first-order valence-corrected chi connectivity index (χ1v) is 6.06. The van der Waals surface area contributed by atoms with Gasteiger partial charge in [0.25, 0.3) is 0 Å². The Balaban J connectivity index is 2.37. The molecule has 1 aromatic rings. The molecule has 1 aromatic carbocycles. The third-order valence-electron chi connectivity index (χ3n) is 2.31. The number of benzene rings is 1. The summed E-state index contributed by atoms with van der Waals surface area (Å²) in [5.41, 5.74) is 1.60. The number of ether oxygens (including phenoxy) is 1. The zero-order valence-corrected chi connectivity index (χ0v) is 10.8. The molecule has 0 atom stereocenters. The van der Waals surface area contributed by atoms with Crippen molar-refractivity contribution in [3.63, 3.8) is 0 Å². The smallest absolute Gasteiger partial charge is 0.325 e. The lowest BCUT2D eigenvalue weighted by Gasteiger charge is -2.07. The Hall–Kier alpha value is -2.08. The SMILES string of the molecule is CCOC(=O)CNC(=O)Nc1ccc(CCO)cc1. The van der Waals surface area contributed by atoms with E-state index in [9.17, 15) is 9.59 Å². The number of hydrogen-bond acceptors (Lipinski definition) is 4. The number of hydrogen-bond donors (Lipinski definition) is 3. The fourth-order valence-corrected chi connectivity index (χ4v) is 1.42. The molecule has 0 aliphatic heterocycles. The van der Waals surface area contributed by atoms with Crippen molar-refractivity contribution < 1.29 is 19.4 Å². The van der Waals surface area contributed by atoms with Crippen LogP contribution in [0.15, 0.2) is 24.3 Å². The molecule has 2 amide bonds. The van der Waals surface area contributed by atoms with E-state index in [2.05, 4.69) is 15.4 Å². The number of rotatable bonds is 6. The Labute approximate surface area is 111 Å². The average Bonchev–Trinajstić information content (AvgIpc) is 2.39. The lowest BCUT2D eigenvalue weighted by Crippen LogP contribution is -2.34. The summed E-state index contributed by atoms with van der Waals surface area (Å²) in [6, 6.07) is 6.63. The van der Waals surface area contributed by atoms with Gasteiger partial charge >= 0.3 is 12.0 Å². The molecule has 0 fully saturated rings. The molecule has 0 saturated carbocycles. The molecule has 0 aliphatic rings. The van der Waals surface area contributed by atoms with Crippen molar-refractivity contribution in [2.24, 2.45) is 0 Å². The largest absolute Gasteiger partial charge is 0.465 e. The second kappa shape index (κ2) is 8.10. The Kier molecular flexibility index (Phi) is 6.38. The summed E-state index contributed by atoms with van der Waals surface area (Å²) in [7, 11) is 0. The number of nitrogens with one attached hydrogen (secondary N) is 2. The molecule has 104 valence electrons. The topological polar surface area (TPSA) is 87.7 Å². The highest BCUT2D eigenvalue weighted by molar-refractivity contribution is 5.91. The van der Waals surface area contributed by atoms with E-state index in [1.54, 1.807) is 19.1 Å². The van der Waals surface area contributed by atoms with Gasteiger partial charge < -0.3 is 20.5 Å². The van der Waals surface area contributed by atoms with E-state index in [0.29, 0.717) is 12.1 Å². The van der Waals surface area contributed by atoms with Crippen LogP contribution in [-0.4, -0.2) is 36.9 Å². The van der Waals surface area contributed by atoms with Gasteiger partial charge in [-0.2, -0.15) is 0 Å². The standard InChI is InChI=1S/C13H18N2O4/c1-2-19-12(17)9-14-13(18)15-11-5-3-10(4-6-11)7-8-16/h3-6,16H,2,7-9H2,1H3,(H2,14,15,18). The van der Waals surface area contributed by atoms with Gasteiger partial charge in [-0.3, -0.25) is 4.79 Å². The first-order chi connectivity index (χ1) is 9.15. The maximum Gasteiger partial charge on any atom is 0.325 e. The second-order valence-electron chi connectivity index (χ2n) is 3.78. The maximum atomic E-state index is 11.5. The predicted molar refractivity (Wildman–Crippen MR) is 70.9 cm³/mol. The number of carbonyl (C=O) groups is 2. The molecule has 0 unspecified atom stereocenters. The van der Waals surface area contributed by atoms with Gasteiger partial charge in [0.2, 0.25) is 0 Å². The minimum absolute atomic E-state index is 0.0901. The number of amides is 2. The molecular formula is C13H18N2O4. The molecule has 6 nitrogen and oxygen atoms in total. The quantitative estimate of drug-likeness (QED) is 0.668. The van der Waals surface area contributed by atoms with Crippen LogP contribution in [0.25, 0.3) is 0 Å². The van der Waals surface area contributed by atoms with Gasteiger partial charge in [0.15, 0.2) is 0 Å². The summed E-state index contributed by atoms with van der Waals surface area (Å²) >= 11 is 0.